The van der Waals surface area contributed by atoms with E-state index in [1.54, 1.807) is 12.1 Å². The van der Waals surface area contributed by atoms with Crippen LogP contribution in [0.4, 0.5) is 36.3 Å². The highest BCUT2D eigenvalue weighted by atomic mass is 19.4. The van der Waals surface area contributed by atoms with Gasteiger partial charge in [0.15, 0.2) is 0 Å². The SMILES string of the molecule is CCN(CC)c1cc(C)nc(Nc2ccc(NC(=O)CC(F)(F)F)cc2)n1. The van der Waals surface area contributed by atoms with E-state index in [0.29, 0.717) is 11.6 Å². The third-order valence-corrected chi connectivity index (χ3v) is 3.71. The highest BCUT2D eigenvalue weighted by Gasteiger charge is 2.31. The second-order valence-corrected chi connectivity index (χ2v) is 5.91. The third-order valence-electron chi connectivity index (χ3n) is 3.71. The predicted molar refractivity (Wildman–Crippen MR) is 99.4 cm³/mol. The van der Waals surface area contributed by atoms with E-state index in [9.17, 15) is 18.0 Å². The molecule has 1 aromatic carbocycles. The van der Waals surface area contributed by atoms with Crippen molar-refractivity contribution in [3.8, 4) is 0 Å². The molecule has 2 rings (SSSR count). The largest absolute Gasteiger partial charge is 0.397 e. The topological polar surface area (TPSA) is 70.2 Å². The average molecular weight is 381 g/mol. The first-order valence-electron chi connectivity index (χ1n) is 8.54. The molecule has 27 heavy (non-hydrogen) atoms. The lowest BCUT2D eigenvalue weighted by atomic mass is 10.2. The van der Waals surface area contributed by atoms with Crippen LogP contribution in [-0.2, 0) is 4.79 Å². The maximum absolute atomic E-state index is 12.2. The molecule has 0 radical (unpaired) electrons. The van der Waals surface area contributed by atoms with Gasteiger partial charge in [-0.3, -0.25) is 4.79 Å². The Morgan fingerprint density at radius 2 is 1.67 bits per heavy atom. The number of carbonyl (C=O) groups excluding carboxylic acids is 1. The summed E-state index contributed by atoms with van der Waals surface area (Å²) in [5.41, 5.74) is 1.74. The molecular weight excluding hydrogens is 359 g/mol. The number of halogens is 3. The molecule has 6 nitrogen and oxygen atoms in total. The number of aryl methyl sites for hydroxylation is 1. The zero-order valence-corrected chi connectivity index (χ0v) is 15.4. The van der Waals surface area contributed by atoms with Gasteiger partial charge in [-0.05, 0) is 45.0 Å². The zero-order chi connectivity index (χ0) is 20.0. The van der Waals surface area contributed by atoms with Gasteiger partial charge < -0.3 is 15.5 Å². The van der Waals surface area contributed by atoms with E-state index in [2.05, 4.69) is 25.5 Å². The first kappa shape index (κ1) is 20.5. The number of hydrogen-bond donors (Lipinski definition) is 2. The Hall–Kier alpha value is -2.84. The summed E-state index contributed by atoms with van der Waals surface area (Å²) >= 11 is 0. The molecule has 0 aliphatic carbocycles. The summed E-state index contributed by atoms with van der Waals surface area (Å²) in [7, 11) is 0. The van der Waals surface area contributed by atoms with E-state index < -0.39 is 18.5 Å². The summed E-state index contributed by atoms with van der Waals surface area (Å²) in [6.45, 7) is 7.59. The lowest BCUT2D eigenvalue weighted by Crippen LogP contribution is -2.23. The summed E-state index contributed by atoms with van der Waals surface area (Å²) in [5, 5.41) is 5.28. The minimum absolute atomic E-state index is 0.281. The molecular formula is C18H22F3N5O. The Kier molecular flexibility index (Phi) is 6.59. The van der Waals surface area contributed by atoms with Crippen LogP contribution < -0.4 is 15.5 Å². The van der Waals surface area contributed by atoms with Crippen LogP contribution in [0.5, 0.6) is 0 Å². The monoisotopic (exact) mass is 381 g/mol. The van der Waals surface area contributed by atoms with Crippen molar-refractivity contribution in [2.24, 2.45) is 0 Å². The fourth-order valence-corrected chi connectivity index (χ4v) is 2.47. The fraction of sp³-hybridized carbons (Fsp3) is 0.389. The number of alkyl halides is 3. The van der Waals surface area contributed by atoms with Gasteiger partial charge in [-0.1, -0.05) is 0 Å². The van der Waals surface area contributed by atoms with E-state index in [4.69, 9.17) is 0 Å². The quantitative estimate of drug-likeness (QED) is 0.750. The first-order valence-corrected chi connectivity index (χ1v) is 8.54. The fourth-order valence-electron chi connectivity index (χ4n) is 2.47. The molecule has 0 fully saturated rings. The van der Waals surface area contributed by atoms with E-state index >= 15 is 0 Å². The molecule has 0 saturated heterocycles. The Morgan fingerprint density at radius 1 is 1.07 bits per heavy atom. The number of benzene rings is 1. The molecule has 0 unspecified atom stereocenters. The molecule has 0 aliphatic heterocycles. The van der Waals surface area contributed by atoms with Gasteiger partial charge in [0.2, 0.25) is 11.9 Å². The standard InChI is InChI=1S/C18H22F3N5O/c1-4-26(5-2)15-10-12(3)22-17(25-15)24-14-8-6-13(7-9-14)23-16(27)11-18(19,20)21/h6-10H,4-5,11H2,1-3H3,(H,23,27)(H,22,24,25). The first-order chi connectivity index (χ1) is 12.7. The number of nitrogens with zero attached hydrogens (tertiary/aromatic N) is 3. The molecule has 0 atom stereocenters. The lowest BCUT2D eigenvalue weighted by Gasteiger charge is -2.20. The normalized spacial score (nSPS) is 11.2. The number of nitrogens with one attached hydrogen (secondary N) is 2. The van der Waals surface area contributed by atoms with Gasteiger partial charge in [0.05, 0.1) is 0 Å². The molecule has 1 heterocycles. The van der Waals surface area contributed by atoms with Crippen molar-refractivity contribution in [2.45, 2.75) is 33.4 Å². The van der Waals surface area contributed by atoms with Gasteiger partial charge >= 0.3 is 6.18 Å². The zero-order valence-electron chi connectivity index (χ0n) is 15.4. The molecule has 0 spiro atoms. The van der Waals surface area contributed by atoms with Crippen LogP contribution in [0.15, 0.2) is 30.3 Å². The summed E-state index contributed by atoms with van der Waals surface area (Å²) in [6, 6.07) is 8.19. The van der Waals surface area contributed by atoms with Crippen LogP contribution in [0.25, 0.3) is 0 Å². The number of amides is 1. The van der Waals surface area contributed by atoms with E-state index in [0.717, 1.165) is 24.6 Å². The van der Waals surface area contributed by atoms with Crippen LogP contribution in [0.3, 0.4) is 0 Å². The van der Waals surface area contributed by atoms with Crippen LogP contribution in [0.1, 0.15) is 26.0 Å². The Bertz CT molecular complexity index is 774. The summed E-state index contributed by atoms with van der Waals surface area (Å²) < 4.78 is 36.6. The van der Waals surface area contributed by atoms with Crippen LogP contribution in [0.2, 0.25) is 0 Å². The Labute approximate surface area is 155 Å². The Balaban J connectivity index is 2.07. The van der Waals surface area contributed by atoms with Crippen molar-refractivity contribution in [2.75, 3.05) is 28.6 Å². The molecule has 2 N–H and O–H groups in total. The Morgan fingerprint density at radius 3 is 2.22 bits per heavy atom. The maximum Gasteiger partial charge on any atom is 0.397 e. The highest BCUT2D eigenvalue weighted by Crippen LogP contribution is 2.22. The highest BCUT2D eigenvalue weighted by molar-refractivity contribution is 5.91. The summed E-state index contributed by atoms with van der Waals surface area (Å²) in [6.07, 6.45) is -6.05. The van der Waals surface area contributed by atoms with Gasteiger partial charge in [-0.15, -0.1) is 0 Å². The molecule has 9 heteroatoms. The predicted octanol–water partition coefficient (Wildman–Crippen LogP) is 4.27. The van der Waals surface area contributed by atoms with Gasteiger partial charge in [0.1, 0.15) is 12.2 Å². The van der Waals surface area contributed by atoms with Gasteiger partial charge in [0, 0.05) is 36.2 Å². The number of anilines is 4. The van der Waals surface area contributed by atoms with Gasteiger partial charge in [0.25, 0.3) is 0 Å². The maximum atomic E-state index is 12.2. The van der Waals surface area contributed by atoms with E-state index in [-0.39, 0.29) is 5.69 Å². The molecule has 0 bridgehead atoms. The van der Waals surface area contributed by atoms with Gasteiger partial charge in [-0.2, -0.15) is 18.2 Å². The van der Waals surface area contributed by atoms with E-state index in [1.807, 2.05) is 26.8 Å². The molecule has 0 saturated carbocycles. The number of aromatic nitrogens is 2. The lowest BCUT2D eigenvalue weighted by molar-refractivity contribution is -0.150. The van der Waals surface area contributed by atoms with Gasteiger partial charge in [-0.25, -0.2) is 4.98 Å². The van der Waals surface area contributed by atoms with Crippen molar-refractivity contribution >= 4 is 29.0 Å². The van der Waals surface area contributed by atoms with E-state index in [1.165, 1.54) is 12.1 Å². The summed E-state index contributed by atoms with van der Waals surface area (Å²) in [5.74, 6) is 0.130. The van der Waals surface area contributed by atoms with Crippen LogP contribution >= 0.6 is 0 Å². The molecule has 2 aromatic rings. The minimum atomic E-state index is -4.53. The molecule has 1 aromatic heterocycles. The van der Waals surface area contributed by atoms with Crippen molar-refractivity contribution in [1.29, 1.82) is 0 Å². The van der Waals surface area contributed by atoms with Crippen molar-refractivity contribution in [3.63, 3.8) is 0 Å². The molecule has 146 valence electrons. The third kappa shape index (κ3) is 6.43. The number of rotatable bonds is 7. The summed E-state index contributed by atoms with van der Waals surface area (Å²) in [4.78, 5) is 22.3. The smallest absolute Gasteiger partial charge is 0.357 e. The molecule has 1 amide bonds. The number of carbonyl (C=O) groups is 1. The van der Waals surface area contributed by atoms with Crippen molar-refractivity contribution < 1.29 is 18.0 Å². The van der Waals surface area contributed by atoms with Crippen LogP contribution in [-0.4, -0.2) is 35.1 Å². The molecule has 0 aliphatic rings. The average Bonchev–Trinajstić information content (AvgIpc) is 2.55. The van der Waals surface area contributed by atoms with Crippen molar-refractivity contribution in [1.82, 2.24) is 9.97 Å². The van der Waals surface area contributed by atoms with Crippen LogP contribution in [0, 0.1) is 6.92 Å². The minimum Gasteiger partial charge on any atom is -0.357 e. The second-order valence-electron chi connectivity index (χ2n) is 5.91. The second kappa shape index (κ2) is 8.70. The number of hydrogen-bond acceptors (Lipinski definition) is 5. The van der Waals surface area contributed by atoms with Crippen molar-refractivity contribution in [3.05, 3.63) is 36.0 Å².